The molecule has 3 aromatic rings. The molecule has 0 aliphatic carbocycles. The molecule has 0 bridgehead atoms. The fraction of sp³-hybridized carbons (Fsp3) is 0.520. The first-order valence-electron chi connectivity index (χ1n) is 11.5. The number of nitrogens with one attached hydrogen (secondary N) is 1. The third kappa shape index (κ3) is 4.34. The van der Waals surface area contributed by atoms with Gasteiger partial charge >= 0.3 is 0 Å². The molecule has 1 saturated heterocycles. The lowest BCUT2D eigenvalue weighted by molar-refractivity contribution is 0.0961. The molecule has 0 atom stereocenters. The Hall–Kier alpha value is -2.58. The first-order chi connectivity index (χ1) is 15.6. The minimum Gasteiger partial charge on any atom is -0.355 e. The first kappa shape index (κ1) is 23.6. The second kappa shape index (κ2) is 8.99. The Balaban J connectivity index is 1.76. The fourth-order valence-electron chi connectivity index (χ4n) is 4.85. The van der Waals surface area contributed by atoms with E-state index in [9.17, 15) is 14.4 Å². The van der Waals surface area contributed by atoms with E-state index in [1.54, 1.807) is 18.4 Å². The van der Waals surface area contributed by atoms with Crippen molar-refractivity contribution < 1.29 is 9.59 Å². The normalized spacial score (nSPS) is 15.5. The van der Waals surface area contributed by atoms with Gasteiger partial charge in [-0.25, -0.2) is 4.98 Å². The van der Waals surface area contributed by atoms with Gasteiger partial charge in [0.1, 0.15) is 10.7 Å². The predicted octanol–water partition coefficient (Wildman–Crippen LogP) is 4.34. The number of hydrogen-bond donors (Lipinski definition) is 1. The van der Waals surface area contributed by atoms with Crippen LogP contribution in [0.25, 0.3) is 10.2 Å². The van der Waals surface area contributed by atoms with Crippen LogP contribution in [0.15, 0.2) is 4.79 Å². The average Bonchev–Trinajstić information content (AvgIpc) is 3.21. The molecule has 1 aliphatic rings. The highest BCUT2D eigenvalue weighted by molar-refractivity contribution is 7.18. The van der Waals surface area contributed by atoms with Crippen LogP contribution in [0, 0.1) is 33.6 Å². The fourth-order valence-corrected chi connectivity index (χ4v) is 5.89. The summed E-state index contributed by atoms with van der Waals surface area (Å²) in [5, 5.41) is 0.602. The van der Waals surface area contributed by atoms with Gasteiger partial charge in [-0.15, -0.1) is 11.3 Å². The first-order valence-corrected chi connectivity index (χ1v) is 12.3. The number of carbonyl (C=O) groups is 2. The van der Waals surface area contributed by atoms with Gasteiger partial charge in [-0.1, -0.05) is 6.92 Å². The van der Waals surface area contributed by atoms with Crippen LogP contribution < -0.4 is 5.56 Å². The van der Waals surface area contributed by atoms with Gasteiger partial charge in [0.15, 0.2) is 11.6 Å². The van der Waals surface area contributed by atoms with Crippen molar-refractivity contribution in [3.05, 3.63) is 49.1 Å². The maximum absolute atomic E-state index is 13.6. The standard InChI is InChI=1S/C25H32N4O3S/c1-13-7-9-28(10-8-13)12-20-27-24-22(14(2)18(6)33-24)25(32)29(20)11-19(31)23-15(3)21(17(5)30)16(4)26-23/h13,26H,7-12H2,1-6H3. The van der Waals surface area contributed by atoms with Gasteiger partial charge in [-0.05, 0) is 77.6 Å². The molecule has 176 valence electrons. The van der Waals surface area contributed by atoms with Crippen LogP contribution >= 0.6 is 11.3 Å². The van der Waals surface area contributed by atoms with Crippen molar-refractivity contribution in [2.24, 2.45) is 5.92 Å². The Labute approximate surface area is 197 Å². The molecule has 4 heterocycles. The SMILES string of the molecule is CC(=O)c1c(C)[nH]c(C(=O)Cn2c(CN3CCC(C)CC3)nc3sc(C)c(C)c3c2=O)c1C. The Kier molecular flexibility index (Phi) is 6.42. The number of rotatable bonds is 6. The van der Waals surface area contributed by atoms with Crippen molar-refractivity contribution in [3.63, 3.8) is 0 Å². The van der Waals surface area contributed by atoms with Crippen molar-refractivity contribution in [1.82, 2.24) is 19.4 Å². The number of likely N-dealkylation sites (tertiary alicyclic amines) is 1. The van der Waals surface area contributed by atoms with Crippen LogP contribution in [0.1, 0.15) is 75.1 Å². The topological polar surface area (TPSA) is 88.1 Å². The Morgan fingerprint density at radius 1 is 1.12 bits per heavy atom. The lowest BCUT2D eigenvalue weighted by Crippen LogP contribution is -2.36. The summed E-state index contributed by atoms with van der Waals surface area (Å²) in [7, 11) is 0. The highest BCUT2D eigenvalue weighted by atomic mass is 32.1. The van der Waals surface area contributed by atoms with Gasteiger partial charge in [-0.2, -0.15) is 0 Å². The van der Waals surface area contributed by atoms with Crippen LogP contribution in [-0.4, -0.2) is 44.1 Å². The van der Waals surface area contributed by atoms with Gasteiger partial charge in [-0.3, -0.25) is 23.9 Å². The number of aromatic amines is 1. The van der Waals surface area contributed by atoms with E-state index < -0.39 is 0 Å². The molecule has 1 aliphatic heterocycles. The van der Waals surface area contributed by atoms with Crippen molar-refractivity contribution in [1.29, 1.82) is 0 Å². The molecule has 0 spiro atoms. The Bertz CT molecular complexity index is 1310. The van der Waals surface area contributed by atoms with Crippen LogP contribution in [0.5, 0.6) is 0 Å². The largest absolute Gasteiger partial charge is 0.355 e. The summed E-state index contributed by atoms with van der Waals surface area (Å²) in [5.74, 6) is 1.04. The number of aromatic nitrogens is 3. The lowest BCUT2D eigenvalue weighted by Gasteiger charge is -2.30. The van der Waals surface area contributed by atoms with Crippen LogP contribution in [0.3, 0.4) is 0 Å². The molecular formula is C25H32N4O3S. The smallest absolute Gasteiger partial charge is 0.263 e. The molecule has 33 heavy (non-hydrogen) atoms. The number of thiophene rings is 1. The van der Waals surface area contributed by atoms with Crippen molar-refractivity contribution in [2.45, 2.75) is 67.5 Å². The third-order valence-electron chi connectivity index (χ3n) is 6.98. The number of carbonyl (C=O) groups excluding carboxylic acids is 2. The number of fused-ring (bicyclic) bond motifs is 1. The summed E-state index contributed by atoms with van der Waals surface area (Å²) in [5.41, 5.74) is 3.02. The molecule has 3 aromatic heterocycles. The predicted molar refractivity (Wildman–Crippen MR) is 132 cm³/mol. The summed E-state index contributed by atoms with van der Waals surface area (Å²) in [6.07, 6.45) is 2.24. The summed E-state index contributed by atoms with van der Waals surface area (Å²) < 4.78 is 1.55. The summed E-state index contributed by atoms with van der Waals surface area (Å²) >= 11 is 1.53. The third-order valence-corrected chi connectivity index (χ3v) is 8.08. The van der Waals surface area contributed by atoms with Crippen LogP contribution in [0.2, 0.25) is 0 Å². The maximum atomic E-state index is 13.6. The van der Waals surface area contributed by atoms with Gasteiger partial charge in [0, 0.05) is 16.1 Å². The second-order valence-electron chi connectivity index (χ2n) is 9.45. The molecule has 1 N–H and O–H groups in total. The van der Waals surface area contributed by atoms with Gasteiger partial charge < -0.3 is 4.98 Å². The molecule has 4 rings (SSSR count). The lowest BCUT2D eigenvalue weighted by atomic mass is 9.99. The van der Waals surface area contributed by atoms with E-state index in [1.807, 2.05) is 13.8 Å². The van der Waals surface area contributed by atoms with Crippen molar-refractivity contribution >= 4 is 33.1 Å². The molecule has 0 radical (unpaired) electrons. The van der Waals surface area contributed by atoms with E-state index in [-0.39, 0.29) is 23.7 Å². The number of H-pyrrole nitrogens is 1. The molecular weight excluding hydrogens is 436 g/mol. The van der Waals surface area contributed by atoms with E-state index in [0.717, 1.165) is 41.2 Å². The number of ketones is 2. The quantitative estimate of drug-likeness (QED) is 0.544. The molecule has 7 nitrogen and oxygen atoms in total. The number of Topliss-reactive ketones (excluding diaryl/α,β-unsaturated/α-hetero) is 2. The number of nitrogens with zero attached hydrogens (tertiary/aromatic N) is 3. The zero-order chi connectivity index (χ0) is 24.0. The van der Waals surface area contributed by atoms with E-state index in [0.29, 0.717) is 46.2 Å². The Morgan fingerprint density at radius 3 is 2.39 bits per heavy atom. The van der Waals surface area contributed by atoms with Gasteiger partial charge in [0.25, 0.3) is 5.56 Å². The zero-order valence-electron chi connectivity index (χ0n) is 20.3. The van der Waals surface area contributed by atoms with Gasteiger partial charge in [0.2, 0.25) is 0 Å². The molecule has 1 fully saturated rings. The molecule has 0 unspecified atom stereocenters. The number of hydrogen-bond acceptors (Lipinski definition) is 6. The van der Waals surface area contributed by atoms with E-state index >= 15 is 0 Å². The molecule has 0 saturated carbocycles. The van der Waals surface area contributed by atoms with Crippen molar-refractivity contribution in [3.8, 4) is 0 Å². The highest BCUT2D eigenvalue weighted by Crippen LogP contribution is 2.27. The van der Waals surface area contributed by atoms with Gasteiger partial charge in [0.05, 0.1) is 24.2 Å². The highest BCUT2D eigenvalue weighted by Gasteiger charge is 2.25. The second-order valence-corrected chi connectivity index (χ2v) is 10.6. The minimum absolute atomic E-state index is 0.0788. The maximum Gasteiger partial charge on any atom is 0.263 e. The summed E-state index contributed by atoms with van der Waals surface area (Å²) in [6, 6.07) is 0. The van der Waals surface area contributed by atoms with Crippen LogP contribution in [0.4, 0.5) is 0 Å². The summed E-state index contributed by atoms with van der Waals surface area (Å²) in [6.45, 7) is 13.6. The van der Waals surface area contributed by atoms with E-state index in [2.05, 4.69) is 16.8 Å². The number of piperidine rings is 1. The molecule has 0 amide bonds. The summed E-state index contributed by atoms with van der Waals surface area (Å²) in [4.78, 5) is 51.1. The number of aryl methyl sites for hydroxylation is 3. The van der Waals surface area contributed by atoms with E-state index in [1.165, 1.54) is 18.3 Å². The monoisotopic (exact) mass is 468 g/mol. The van der Waals surface area contributed by atoms with Crippen LogP contribution in [-0.2, 0) is 13.1 Å². The van der Waals surface area contributed by atoms with Crippen molar-refractivity contribution in [2.75, 3.05) is 13.1 Å². The molecule has 8 heteroatoms. The zero-order valence-corrected chi connectivity index (χ0v) is 21.1. The minimum atomic E-state index is -0.218. The Morgan fingerprint density at radius 2 is 1.79 bits per heavy atom. The average molecular weight is 469 g/mol. The molecule has 0 aromatic carbocycles. The van der Waals surface area contributed by atoms with E-state index in [4.69, 9.17) is 4.98 Å².